The van der Waals surface area contributed by atoms with Gasteiger partial charge in [-0.25, -0.2) is 4.98 Å². The number of nitriles is 1. The molecular formula is C16H19N5. The number of H-pyrrole nitrogens is 1. The molecule has 1 aliphatic rings. The van der Waals surface area contributed by atoms with Crippen LogP contribution in [0.15, 0.2) is 36.5 Å². The van der Waals surface area contributed by atoms with Gasteiger partial charge < -0.3 is 9.88 Å². The molecule has 0 saturated carbocycles. The lowest BCUT2D eigenvalue weighted by molar-refractivity contribution is 0.131. The Morgan fingerprint density at radius 1 is 1.19 bits per heavy atom. The first-order chi connectivity index (χ1) is 10.3. The van der Waals surface area contributed by atoms with E-state index in [1.54, 1.807) is 6.20 Å². The average Bonchev–Trinajstić information content (AvgIpc) is 3.00. The molecule has 5 nitrogen and oxygen atoms in total. The Hall–Kier alpha value is -2.16. The highest BCUT2D eigenvalue weighted by molar-refractivity contribution is 5.54. The number of nitrogens with one attached hydrogen (secondary N) is 1. The van der Waals surface area contributed by atoms with Gasteiger partial charge in [0.1, 0.15) is 11.9 Å². The van der Waals surface area contributed by atoms with E-state index in [0.717, 1.165) is 43.3 Å². The lowest BCUT2D eigenvalue weighted by atomic mass is 10.2. The quantitative estimate of drug-likeness (QED) is 0.933. The van der Waals surface area contributed by atoms with Gasteiger partial charge in [-0.3, -0.25) is 4.90 Å². The highest BCUT2D eigenvalue weighted by Gasteiger charge is 2.25. The maximum absolute atomic E-state index is 9.52. The minimum atomic E-state index is -0.247. The third kappa shape index (κ3) is 2.97. The van der Waals surface area contributed by atoms with Crippen molar-refractivity contribution in [3.8, 4) is 17.5 Å². The molecule has 2 heterocycles. The Balaban J connectivity index is 1.79. The summed E-state index contributed by atoms with van der Waals surface area (Å²) in [7, 11) is 2.11. The summed E-state index contributed by atoms with van der Waals surface area (Å²) in [4.78, 5) is 12.2. The third-order valence-corrected chi connectivity index (χ3v) is 3.96. The van der Waals surface area contributed by atoms with Crippen molar-refractivity contribution in [2.75, 3.05) is 33.2 Å². The molecule has 1 saturated heterocycles. The first-order valence-corrected chi connectivity index (χ1v) is 7.20. The number of likely N-dealkylation sites (N-methyl/N-ethyl adjacent to an activating group) is 1. The molecule has 0 spiro atoms. The number of hydrogen-bond donors (Lipinski definition) is 1. The number of nitrogens with zero attached hydrogens (tertiary/aromatic N) is 4. The van der Waals surface area contributed by atoms with Crippen molar-refractivity contribution in [3.63, 3.8) is 0 Å². The largest absolute Gasteiger partial charge is 0.340 e. The molecule has 3 rings (SSSR count). The van der Waals surface area contributed by atoms with Crippen LogP contribution in [0, 0.1) is 11.3 Å². The van der Waals surface area contributed by atoms with Crippen molar-refractivity contribution in [1.82, 2.24) is 19.8 Å². The highest BCUT2D eigenvalue weighted by atomic mass is 15.3. The van der Waals surface area contributed by atoms with E-state index in [1.807, 2.05) is 30.3 Å². The maximum Gasteiger partial charge on any atom is 0.140 e. The standard InChI is InChI=1S/C16H19N5/c1-20-7-9-21(10-8-20)15(11-17)14-12-18-16(19-14)13-5-3-2-4-6-13/h2-6,12,15H,7-10H2,1H3,(H,18,19). The Morgan fingerprint density at radius 2 is 1.90 bits per heavy atom. The maximum atomic E-state index is 9.52. The predicted molar refractivity (Wildman–Crippen MR) is 81.4 cm³/mol. The molecule has 0 aliphatic carbocycles. The van der Waals surface area contributed by atoms with Gasteiger partial charge in [0.25, 0.3) is 0 Å². The molecule has 1 N–H and O–H groups in total. The van der Waals surface area contributed by atoms with E-state index in [4.69, 9.17) is 0 Å². The molecule has 1 aromatic heterocycles. The summed E-state index contributed by atoms with van der Waals surface area (Å²) in [6.45, 7) is 3.82. The van der Waals surface area contributed by atoms with Gasteiger partial charge in [-0.1, -0.05) is 30.3 Å². The van der Waals surface area contributed by atoms with Crippen LogP contribution in [-0.4, -0.2) is 53.0 Å². The van der Waals surface area contributed by atoms with Gasteiger partial charge in [0, 0.05) is 31.7 Å². The van der Waals surface area contributed by atoms with Gasteiger partial charge >= 0.3 is 0 Å². The Kier molecular flexibility index (Phi) is 4.00. The summed E-state index contributed by atoms with van der Waals surface area (Å²) < 4.78 is 0. The number of aromatic nitrogens is 2. The minimum absolute atomic E-state index is 0.247. The summed E-state index contributed by atoms with van der Waals surface area (Å²) in [5.74, 6) is 0.819. The van der Waals surface area contributed by atoms with Crippen LogP contribution < -0.4 is 0 Å². The number of benzene rings is 1. The molecule has 5 heteroatoms. The zero-order valence-electron chi connectivity index (χ0n) is 12.2. The van der Waals surface area contributed by atoms with E-state index in [0.29, 0.717) is 0 Å². The Bertz CT molecular complexity index is 620. The Morgan fingerprint density at radius 3 is 2.57 bits per heavy atom. The van der Waals surface area contributed by atoms with Crippen molar-refractivity contribution in [1.29, 1.82) is 5.26 Å². The van der Waals surface area contributed by atoms with Crippen molar-refractivity contribution >= 4 is 0 Å². The van der Waals surface area contributed by atoms with Crippen LogP contribution in [0.3, 0.4) is 0 Å². The van der Waals surface area contributed by atoms with E-state index in [1.165, 1.54) is 0 Å². The zero-order valence-corrected chi connectivity index (χ0v) is 12.2. The average molecular weight is 281 g/mol. The van der Waals surface area contributed by atoms with Crippen molar-refractivity contribution in [2.24, 2.45) is 0 Å². The van der Waals surface area contributed by atoms with Gasteiger partial charge in [-0.2, -0.15) is 5.26 Å². The predicted octanol–water partition coefficient (Wildman–Crippen LogP) is 1.89. The monoisotopic (exact) mass is 281 g/mol. The molecule has 1 unspecified atom stereocenters. The number of imidazole rings is 1. The molecule has 1 aliphatic heterocycles. The van der Waals surface area contributed by atoms with Crippen LogP contribution in [0.2, 0.25) is 0 Å². The molecule has 0 radical (unpaired) electrons. The van der Waals surface area contributed by atoms with Gasteiger partial charge in [0.05, 0.1) is 18.0 Å². The van der Waals surface area contributed by atoms with Crippen molar-refractivity contribution in [2.45, 2.75) is 6.04 Å². The molecule has 108 valence electrons. The summed E-state index contributed by atoms with van der Waals surface area (Å²) in [6, 6.07) is 12.1. The number of hydrogen-bond acceptors (Lipinski definition) is 4. The summed E-state index contributed by atoms with van der Waals surface area (Å²) in [5, 5.41) is 9.52. The first kappa shape index (κ1) is 13.8. The van der Waals surface area contributed by atoms with Crippen molar-refractivity contribution < 1.29 is 0 Å². The van der Waals surface area contributed by atoms with E-state index in [-0.39, 0.29) is 6.04 Å². The zero-order chi connectivity index (χ0) is 14.7. The van der Waals surface area contributed by atoms with Gasteiger partial charge in [-0.05, 0) is 7.05 Å². The van der Waals surface area contributed by atoms with Crippen LogP contribution in [-0.2, 0) is 0 Å². The SMILES string of the molecule is CN1CCN(C(C#N)c2cnc(-c3ccccc3)[nH]2)CC1. The lowest BCUT2D eigenvalue weighted by Crippen LogP contribution is -2.45. The second kappa shape index (κ2) is 6.08. The first-order valence-electron chi connectivity index (χ1n) is 7.20. The number of rotatable bonds is 3. The number of aromatic amines is 1. The summed E-state index contributed by atoms with van der Waals surface area (Å²) in [5.41, 5.74) is 1.92. The van der Waals surface area contributed by atoms with Crippen LogP contribution >= 0.6 is 0 Å². The second-order valence-corrected chi connectivity index (χ2v) is 5.42. The highest BCUT2D eigenvalue weighted by Crippen LogP contribution is 2.23. The molecule has 0 amide bonds. The molecule has 1 atom stereocenters. The van der Waals surface area contributed by atoms with Crippen LogP contribution in [0.25, 0.3) is 11.4 Å². The van der Waals surface area contributed by atoms with Crippen LogP contribution in [0.4, 0.5) is 0 Å². The van der Waals surface area contributed by atoms with E-state index < -0.39 is 0 Å². The fraction of sp³-hybridized carbons (Fsp3) is 0.375. The fourth-order valence-corrected chi connectivity index (χ4v) is 2.65. The van der Waals surface area contributed by atoms with E-state index in [2.05, 4.69) is 32.9 Å². The molecule has 1 aromatic carbocycles. The molecule has 1 fully saturated rings. The van der Waals surface area contributed by atoms with Crippen LogP contribution in [0.5, 0.6) is 0 Å². The minimum Gasteiger partial charge on any atom is -0.340 e. The summed E-state index contributed by atoms with van der Waals surface area (Å²) in [6.07, 6.45) is 1.79. The van der Waals surface area contributed by atoms with Crippen LogP contribution in [0.1, 0.15) is 11.7 Å². The van der Waals surface area contributed by atoms with E-state index in [9.17, 15) is 5.26 Å². The molecule has 2 aromatic rings. The number of piperazine rings is 1. The molecule has 0 bridgehead atoms. The topological polar surface area (TPSA) is 58.9 Å². The molecule has 21 heavy (non-hydrogen) atoms. The smallest absolute Gasteiger partial charge is 0.140 e. The van der Waals surface area contributed by atoms with E-state index >= 15 is 0 Å². The van der Waals surface area contributed by atoms with Gasteiger partial charge in [0.15, 0.2) is 0 Å². The molecular weight excluding hydrogens is 262 g/mol. The normalized spacial score (nSPS) is 18.3. The Labute approximate surface area is 124 Å². The van der Waals surface area contributed by atoms with Gasteiger partial charge in [-0.15, -0.1) is 0 Å². The third-order valence-electron chi connectivity index (χ3n) is 3.96. The second-order valence-electron chi connectivity index (χ2n) is 5.42. The summed E-state index contributed by atoms with van der Waals surface area (Å²) >= 11 is 0. The lowest BCUT2D eigenvalue weighted by Gasteiger charge is -2.34. The fourth-order valence-electron chi connectivity index (χ4n) is 2.65. The van der Waals surface area contributed by atoms with Gasteiger partial charge in [0.2, 0.25) is 0 Å². The van der Waals surface area contributed by atoms with Crippen molar-refractivity contribution in [3.05, 3.63) is 42.2 Å².